The summed E-state index contributed by atoms with van der Waals surface area (Å²) in [5.41, 5.74) is 7.73. The fourth-order valence-corrected chi connectivity index (χ4v) is 2.90. The summed E-state index contributed by atoms with van der Waals surface area (Å²) in [5.74, 6) is 2.05. The normalized spacial score (nSPS) is 19.0. The van der Waals surface area contributed by atoms with E-state index in [1.54, 1.807) is 0 Å². The molecule has 0 aliphatic carbocycles. The Morgan fingerprint density at radius 2 is 2.05 bits per heavy atom. The number of rotatable bonds is 4. The van der Waals surface area contributed by atoms with Gasteiger partial charge in [0, 0.05) is 38.0 Å². The monoisotopic (exact) mass is 290 g/mol. The number of carbonyl (C=O) groups excluding carboxylic acids is 1. The number of Topliss-reactive ketones (excluding diaryl/α,β-unsaturated/α-hetero) is 1. The number of carbonyl (C=O) groups is 1. The lowest BCUT2D eigenvalue weighted by atomic mass is 10.0. The summed E-state index contributed by atoms with van der Waals surface area (Å²) in [7, 11) is 0. The van der Waals surface area contributed by atoms with E-state index in [1.807, 2.05) is 12.1 Å². The molecule has 0 spiro atoms. The minimum Gasteiger partial charge on any atom is -0.492 e. The molecule has 0 bridgehead atoms. The number of likely N-dealkylation sites (tertiary alicyclic amines) is 1. The fraction of sp³-hybridized carbons (Fsp3) is 0.562. The van der Waals surface area contributed by atoms with Crippen LogP contribution < -0.4 is 15.2 Å². The van der Waals surface area contributed by atoms with Crippen LogP contribution in [0.1, 0.15) is 24.8 Å². The van der Waals surface area contributed by atoms with E-state index < -0.39 is 0 Å². The van der Waals surface area contributed by atoms with Crippen molar-refractivity contribution in [3.05, 3.63) is 17.7 Å². The molecule has 2 heterocycles. The van der Waals surface area contributed by atoms with Crippen molar-refractivity contribution in [2.45, 2.75) is 25.7 Å². The smallest absolute Gasteiger partial charge is 0.149 e. The first kappa shape index (κ1) is 14.2. The first-order valence-corrected chi connectivity index (χ1v) is 7.65. The molecule has 1 aromatic carbocycles. The minimum absolute atomic E-state index is 0.372. The molecular formula is C16H22N2O3. The average Bonchev–Trinajstić information content (AvgIpc) is 2.52. The molecule has 5 nitrogen and oxygen atoms in total. The van der Waals surface area contributed by atoms with Gasteiger partial charge in [-0.15, -0.1) is 0 Å². The Labute approximate surface area is 125 Å². The topological polar surface area (TPSA) is 64.8 Å². The number of hydrogen-bond acceptors (Lipinski definition) is 5. The Balaban J connectivity index is 1.57. The van der Waals surface area contributed by atoms with Gasteiger partial charge in [-0.1, -0.05) is 0 Å². The van der Waals surface area contributed by atoms with E-state index >= 15 is 0 Å². The largest absolute Gasteiger partial charge is 0.492 e. The Kier molecular flexibility index (Phi) is 4.29. The zero-order valence-corrected chi connectivity index (χ0v) is 12.3. The number of nitrogen functional groups attached to an aromatic ring is 1. The fourth-order valence-electron chi connectivity index (χ4n) is 2.90. The molecule has 2 aliphatic rings. The molecule has 0 atom stereocenters. The Bertz CT molecular complexity index is 520. The van der Waals surface area contributed by atoms with Crippen molar-refractivity contribution in [3.8, 4) is 11.5 Å². The molecule has 1 aromatic rings. The van der Waals surface area contributed by atoms with Crippen LogP contribution in [0.2, 0.25) is 0 Å². The molecule has 114 valence electrons. The van der Waals surface area contributed by atoms with E-state index in [9.17, 15) is 4.79 Å². The molecule has 0 amide bonds. The van der Waals surface area contributed by atoms with Gasteiger partial charge in [0.25, 0.3) is 0 Å². The molecule has 21 heavy (non-hydrogen) atoms. The highest BCUT2D eigenvalue weighted by molar-refractivity contribution is 5.79. The average molecular weight is 290 g/mol. The molecule has 1 saturated heterocycles. The molecule has 0 aromatic heterocycles. The number of ether oxygens (including phenoxy) is 2. The number of nitrogens with two attached hydrogens (primary N) is 1. The maximum absolute atomic E-state index is 11.2. The van der Waals surface area contributed by atoms with Gasteiger partial charge in [0.2, 0.25) is 0 Å². The number of anilines is 1. The van der Waals surface area contributed by atoms with Gasteiger partial charge in [0.15, 0.2) is 0 Å². The minimum atomic E-state index is 0.372. The second-order valence-corrected chi connectivity index (χ2v) is 5.64. The van der Waals surface area contributed by atoms with Gasteiger partial charge in [0.05, 0.1) is 12.3 Å². The summed E-state index contributed by atoms with van der Waals surface area (Å²) in [5, 5.41) is 0. The van der Waals surface area contributed by atoms with E-state index in [2.05, 4.69) is 4.90 Å². The van der Waals surface area contributed by atoms with Gasteiger partial charge in [-0.3, -0.25) is 9.69 Å². The Hall–Kier alpha value is -1.75. The standard InChI is InChI=1S/C16H22N2O3/c17-14-3-4-15(13-2-1-10-21-16(13)14)20-11-9-18-7-5-12(19)6-8-18/h3-4H,1-2,5-11,17H2. The highest BCUT2D eigenvalue weighted by atomic mass is 16.5. The number of hydrogen-bond donors (Lipinski definition) is 1. The van der Waals surface area contributed by atoms with Gasteiger partial charge in [-0.2, -0.15) is 0 Å². The maximum atomic E-state index is 11.2. The number of fused-ring (bicyclic) bond motifs is 1. The van der Waals surface area contributed by atoms with Crippen LogP contribution in [0.5, 0.6) is 11.5 Å². The van der Waals surface area contributed by atoms with E-state index in [-0.39, 0.29) is 0 Å². The SMILES string of the molecule is Nc1ccc(OCCN2CCC(=O)CC2)c2c1OCCC2. The van der Waals surface area contributed by atoms with E-state index in [1.165, 1.54) is 0 Å². The van der Waals surface area contributed by atoms with Crippen molar-refractivity contribution in [1.82, 2.24) is 4.90 Å². The quantitative estimate of drug-likeness (QED) is 0.854. The zero-order chi connectivity index (χ0) is 14.7. The summed E-state index contributed by atoms with van der Waals surface area (Å²) in [6.45, 7) is 3.91. The molecule has 3 rings (SSSR count). The van der Waals surface area contributed by atoms with Crippen molar-refractivity contribution in [3.63, 3.8) is 0 Å². The van der Waals surface area contributed by atoms with Crippen LogP contribution in [0, 0.1) is 0 Å². The third-order valence-corrected chi connectivity index (χ3v) is 4.14. The molecule has 2 N–H and O–H groups in total. The summed E-state index contributed by atoms with van der Waals surface area (Å²) < 4.78 is 11.6. The molecule has 1 fully saturated rings. The van der Waals surface area contributed by atoms with Crippen LogP contribution in [-0.2, 0) is 11.2 Å². The highest BCUT2D eigenvalue weighted by Gasteiger charge is 2.19. The lowest BCUT2D eigenvalue weighted by Crippen LogP contribution is -2.36. The van der Waals surface area contributed by atoms with E-state index in [0.29, 0.717) is 30.9 Å². The van der Waals surface area contributed by atoms with Crippen molar-refractivity contribution in [2.24, 2.45) is 0 Å². The van der Waals surface area contributed by atoms with Gasteiger partial charge < -0.3 is 15.2 Å². The van der Waals surface area contributed by atoms with Crippen LogP contribution in [-0.4, -0.2) is 43.5 Å². The van der Waals surface area contributed by atoms with Crippen LogP contribution in [0.4, 0.5) is 5.69 Å². The predicted molar refractivity (Wildman–Crippen MR) is 80.8 cm³/mol. The van der Waals surface area contributed by atoms with Crippen LogP contribution >= 0.6 is 0 Å². The third-order valence-electron chi connectivity index (χ3n) is 4.14. The van der Waals surface area contributed by atoms with Crippen LogP contribution in [0.3, 0.4) is 0 Å². The lowest BCUT2D eigenvalue weighted by Gasteiger charge is -2.26. The van der Waals surface area contributed by atoms with E-state index in [4.69, 9.17) is 15.2 Å². The van der Waals surface area contributed by atoms with Crippen molar-refractivity contribution < 1.29 is 14.3 Å². The second-order valence-electron chi connectivity index (χ2n) is 5.64. The molecule has 0 radical (unpaired) electrons. The summed E-state index contributed by atoms with van der Waals surface area (Å²) in [4.78, 5) is 13.5. The number of nitrogens with zero attached hydrogens (tertiary/aromatic N) is 1. The summed E-state index contributed by atoms with van der Waals surface area (Å²) in [6, 6.07) is 3.78. The number of piperidine rings is 1. The maximum Gasteiger partial charge on any atom is 0.149 e. The molecule has 0 saturated carbocycles. The second kappa shape index (κ2) is 6.35. The predicted octanol–water partition coefficient (Wildman–Crippen LogP) is 1.64. The number of ketones is 1. The Morgan fingerprint density at radius 3 is 2.86 bits per heavy atom. The molecular weight excluding hydrogens is 268 g/mol. The summed E-state index contributed by atoms with van der Waals surface area (Å²) >= 11 is 0. The van der Waals surface area contributed by atoms with Gasteiger partial charge >= 0.3 is 0 Å². The van der Waals surface area contributed by atoms with Gasteiger partial charge in [0.1, 0.15) is 23.9 Å². The number of benzene rings is 1. The van der Waals surface area contributed by atoms with Crippen LogP contribution in [0.25, 0.3) is 0 Å². The summed E-state index contributed by atoms with van der Waals surface area (Å²) in [6.07, 6.45) is 3.30. The first-order valence-electron chi connectivity index (χ1n) is 7.65. The molecule has 0 unspecified atom stereocenters. The third kappa shape index (κ3) is 3.29. The van der Waals surface area contributed by atoms with Gasteiger partial charge in [-0.05, 0) is 25.0 Å². The van der Waals surface area contributed by atoms with Crippen molar-refractivity contribution in [1.29, 1.82) is 0 Å². The zero-order valence-electron chi connectivity index (χ0n) is 12.3. The van der Waals surface area contributed by atoms with Crippen molar-refractivity contribution >= 4 is 11.5 Å². The molecule has 5 heteroatoms. The highest BCUT2D eigenvalue weighted by Crippen LogP contribution is 2.37. The van der Waals surface area contributed by atoms with Crippen molar-refractivity contribution in [2.75, 3.05) is 38.6 Å². The first-order chi connectivity index (χ1) is 10.2. The molecule has 2 aliphatic heterocycles. The van der Waals surface area contributed by atoms with Crippen LogP contribution in [0.15, 0.2) is 12.1 Å². The van der Waals surface area contributed by atoms with Gasteiger partial charge in [-0.25, -0.2) is 0 Å². The van der Waals surface area contributed by atoms with E-state index in [0.717, 1.165) is 56.1 Å². The Morgan fingerprint density at radius 1 is 1.24 bits per heavy atom. The lowest BCUT2D eigenvalue weighted by molar-refractivity contribution is -0.121.